The highest BCUT2D eigenvalue weighted by atomic mass is 16.5. The van der Waals surface area contributed by atoms with Crippen LogP contribution >= 0.6 is 0 Å². The molecule has 0 bridgehead atoms. The molecule has 0 radical (unpaired) electrons. The van der Waals surface area contributed by atoms with Gasteiger partial charge in [-0.05, 0) is 42.5 Å². The minimum absolute atomic E-state index is 0.0650. The van der Waals surface area contributed by atoms with E-state index in [1.54, 1.807) is 36.7 Å². The number of aromatic nitrogens is 2. The van der Waals surface area contributed by atoms with Crippen molar-refractivity contribution in [2.24, 2.45) is 11.7 Å². The molecule has 0 aliphatic heterocycles. The highest BCUT2D eigenvalue weighted by molar-refractivity contribution is 6.20. The van der Waals surface area contributed by atoms with Crippen LogP contribution in [0.15, 0.2) is 42.2 Å². The number of fused-ring (bicyclic) bond motifs is 2. The third-order valence-corrected chi connectivity index (χ3v) is 5.22. The molecular weight excluding hydrogens is 378 g/mol. The SMILES string of the molecule is CCCCC(CC)COC(=O)C(C#CN)=C1c2ncccc2C(=O)c2cccnc21. The maximum atomic E-state index is 13.0. The number of pyridine rings is 2. The molecular formula is C24H25N3O3. The number of hydrogen-bond donors (Lipinski definition) is 1. The zero-order valence-corrected chi connectivity index (χ0v) is 17.3. The summed E-state index contributed by atoms with van der Waals surface area (Å²) >= 11 is 0. The van der Waals surface area contributed by atoms with Crippen LogP contribution in [0.25, 0.3) is 5.57 Å². The van der Waals surface area contributed by atoms with E-state index in [2.05, 4.69) is 35.8 Å². The number of nitrogens with zero attached hydrogens (tertiary/aromatic N) is 2. The Hall–Kier alpha value is -3.46. The molecule has 154 valence electrons. The van der Waals surface area contributed by atoms with Gasteiger partial charge in [-0.2, -0.15) is 0 Å². The van der Waals surface area contributed by atoms with E-state index in [9.17, 15) is 9.59 Å². The van der Waals surface area contributed by atoms with Crippen LogP contribution in [-0.2, 0) is 9.53 Å². The van der Waals surface area contributed by atoms with Crippen LogP contribution in [0.5, 0.6) is 0 Å². The van der Waals surface area contributed by atoms with E-state index in [4.69, 9.17) is 10.5 Å². The monoisotopic (exact) mass is 403 g/mol. The predicted molar refractivity (Wildman–Crippen MR) is 114 cm³/mol. The number of esters is 1. The summed E-state index contributed by atoms with van der Waals surface area (Å²) in [5.74, 6) is 2.19. The average molecular weight is 403 g/mol. The highest BCUT2D eigenvalue weighted by Gasteiger charge is 2.33. The van der Waals surface area contributed by atoms with Crippen LogP contribution in [0.4, 0.5) is 0 Å². The first-order valence-corrected chi connectivity index (χ1v) is 10.2. The van der Waals surface area contributed by atoms with Gasteiger partial charge in [0, 0.05) is 29.6 Å². The van der Waals surface area contributed by atoms with Gasteiger partial charge in [-0.1, -0.05) is 33.1 Å². The summed E-state index contributed by atoms with van der Waals surface area (Å²) in [5.41, 5.74) is 7.44. The van der Waals surface area contributed by atoms with Crippen molar-refractivity contribution >= 4 is 17.3 Å². The second kappa shape index (κ2) is 9.84. The van der Waals surface area contributed by atoms with Crippen molar-refractivity contribution in [3.8, 4) is 12.0 Å². The summed E-state index contributed by atoms with van der Waals surface area (Å²) < 4.78 is 5.62. The summed E-state index contributed by atoms with van der Waals surface area (Å²) in [4.78, 5) is 34.6. The predicted octanol–water partition coefficient (Wildman–Crippen LogP) is 3.50. The quantitative estimate of drug-likeness (QED) is 0.281. The fraction of sp³-hybridized carbons (Fsp3) is 0.333. The van der Waals surface area contributed by atoms with Gasteiger partial charge in [-0.3, -0.25) is 14.8 Å². The van der Waals surface area contributed by atoms with E-state index in [1.807, 2.05) is 0 Å². The summed E-state index contributed by atoms with van der Waals surface area (Å²) in [5, 5.41) is 0. The van der Waals surface area contributed by atoms with Gasteiger partial charge >= 0.3 is 5.97 Å². The van der Waals surface area contributed by atoms with Crippen molar-refractivity contribution in [1.82, 2.24) is 9.97 Å². The van der Waals surface area contributed by atoms with Gasteiger partial charge in [-0.25, -0.2) is 4.79 Å². The first-order valence-electron chi connectivity index (χ1n) is 10.2. The molecule has 1 atom stereocenters. The minimum atomic E-state index is -0.583. The molecule has 3 rings (SSSR count). The molecule has 2 aromatic heterocycles. The fourth-order valence-electron chi connectivity index (χ4n) is 3.52. The Bertz CT molecular complexity index is 995. The standard InChI is InChI=1S/C24H25N3O3/c1-3-5-8-16(4-2)15-30-24(29)17(11-12-25)20-21-18(9-6-13-26-21)23(28)19-10-7-14-27-22(19)20/h6-7,9-10,13-14,16H,3-5,8,15,25H2,1-2H3. The van der Waals surface area contributed by atoms with Crippen LogP contribution in [0.2, 0.25) is 0 Å². The third-order valence-electron chi connectivity index (χ3n) is 5.22. The summed E-state index contributed by atoms with van der Waals surface area (Å²) in [6, 6.07) is 9.03. The molecule has 2 N–H and O–H groups in total. The van der Waals surface area contributed by atoms with Gasteiger partial charge in [0.15, 0.2) is 5.78 Å². The topological polar surface area (TPSA) is 95.2 Å². The van der Waals surface area contributed by atoms with Gasteiger partial charge < -0.3 is 10.5 Å². The van der Waals surface area contributed by atoms with Crippen molar-refractivity contribution < 1.29 is 14.3 Å². The van der Waals surface area contributed by atoms with Crippen LogP contribution in [0, 0.1) is 17.9 Å². The number of nitrogens with two attached hydrogens (primary N) is 1. The van der Waals surface area contributed by atoms with Crippen LogP contribution in [0.1, 0.15) is 66.8 Å². The third kappa shape index (κ3) is 4.25. The van der Waals surface area contributed by atoms with Crippen molar-refractivity contribution in [3.05, 3.63) is 64.7 Å². The normalized spacial score (nSPS) is 12.9. The lowest BCUT2D eigenvalue weighted by Gasteiger charge is -2.21. The molecule has 0 saturated heterocycles. The summed E-state index contributed by atoms with van der Waals surface area (Å²) in [6.07, 6.45) is 7.23. The highest BCUT2D eigenvalue weighted by Crippen LogP contribution is 2.35. The molecule has 0 spiro atoms. The Morgan fingerprint density at radius 1 is 1.13 bits per heavy atom. The lowest BCUT2D eigenvalue weighted by molar-refractivity contribution is -0.139. The lowest BCUT2D eigenvalue weighted by Crippen LogP contribution is -2.21. The zero-order valence-electron chi connectivity index (χ0n) is 17.3. The minimum Gasteiger partial charge on any atom is -0.461 e. The Kier molecular flexibility index (Phi) is 6.97. The molecule has 2 heterocycles. The smallest absolute Gasteiger partial charge is 0.347 e. The van der Waals surface area contributed by atoms with Gasteiger partial charge in [0.1, 0.15) is 5.57 Å². The molecule has 1 aliphatic rings. The van der Waals surface area contributed by atoms with E-state index in [1.165, 1.54) is 0 Å². The first kappa shape index (κ1) is 21.3. The Labute approximate surface area is 176 Å². The van der Waals surface area contributed by atoms with Crippen molar-refractivity contribution in [2.75, 3.05) is 6.61 Å². The summed E-state index contributed by atoms with van der Waals surface area (Å²) in [6.45, 7) is 4.53. The van der Waals surface area contributed by atoms with E-state index < -0.39 is 5.97 Å². The molecule has 6 nitrogen and oxygen atoms in total. The molecule has 0 aromatic carbocycles. The number of ether oxygens (including phenoxy) is 1. The fourth-order valence-corrected chi connectivity index (χ4v) is 3.52. The lowest BCUT2D eigenvalue weighted by atomic mass is 9.85. The molecule has 0 amide bonds. The van der Waals surface area contributed by atoms with E-state index in [0.717, 1.165) is 25.7 Å². The van der Waals surface area contributed by atoms with Crippen molar-refractivity contribution in [2.45, 2.75) is 39.5 Å². The molecule has 0 fully saturated rings. The molecule has 30 heavy (non-hydrogen) atoms. The molecule has 6 heteroatoms. The van der Waals surface area contributed by atoms with Gasteiger partial charge in [0.05, 0.1) is 23.6 Å². The molecule has 2 aromatic rings. The number of carbonyl (C=O) groups excluding carboxylic acids is 2. The van der Waals surface area contributed by atoms with Crippen LogP contribution < -0.4 is 5.73 Å². The number of unbranched alkanes of at least 4 members (excludes halogenated alkanes) is 1. The van der Waals surface area contributed by atoms with E-state index in [-0.39, 0.29) is 17.3 Å². The Balaban J connectivity index is 2.06. The zero-order chi connectivity index (χ0) is 21.5. The van der Waals surface area contributed by atoms with Gasteiger partial charge in [0.25, 0.3) is 0 Å². The molecule has 1 unspecified atom stereocenters. The number of ketones is 1. The van der Waals surface area contributed by atoms with Crippen LogP contribution in [-0.4, -0.2) is 28.3 Å². The van der Waals surface area contributed by atoms with Gasteiger partial charge in [0.2, 0.25) is 0 Å². The number of rotatable bonds is 7. The largest absolute Gasteiger partial charge is 0.461 e. The van der Waals surface area contributed by atoms with Crippen molar-refractivity contribution in [3.63, 3.8) is 0 Å². The maximum Gasteiger partial charge on any atom is 0.347 e. The van der Waals surface area contributed by atoms with Gasteiger partial charge in [-0.15, -0.1) is 0 Å². The summed E-state index contributed by atoms with van der Waals surface area (Å²) in [7, 11) is 0. The maximum absolute atomic E-state index is 13.0. The first-order chi connectivity index (χ1) is 14.6. The van der Waals surface area contributed by atoms with E-state index >= 15 is 0 Å². The molecule has 1 aliphatic carbocycles. The second-order valence-electron chi connectivity index (χ2n) is 7.16. The number of hydrogen-bond acceptors (Lipinski definition) is 6. The number of carbonyl (C=O) groups is 2. The second-order valence-corrected chi connectivity index (χ2v) is 7.16. The Morgan fingerprint density at radius 2 is 1.77 bits per heavy atom. The van der Waals surface area contributed by atoms with E-state index in [0.29, 0.717) is 34.7 Å². The Morgan fingerprint density at radius 3 is 2.30 bits per heavy atom. The molecule has 0 saturated carbocycles. The average Bonchev–Trinajstić information content (AvgIpc) is 2.78. The van der Waals surface area contributed by atoms with Crippen molar-refractivity contribution in [1.29, 1.82) is 0 Å². The van der Waals surface area contributed by atoms with Crippen LogP contribution in [0.3, 0.4) is 0 Å².